The summed E-state index contributed by atoms with van der Waals surface area (Å²) < 4.78 is 0. The third-order valence-electron chi connectivity index (χ3n) is 2.75. The maximum atomic E-state index is 3.29. The van der Waals surface area contributed by atoms with Gasteiger partial charge in [0.25, 0.3) is 0 Å². The van der Waals surface area contributed by atoms with Crippen LogP contribution in [0.5, 0.6) is 0 Å². The summed E-state index contributed by atoms with van der Waals surface area (Å²) in [6, 6.07) is 21.9. The summed E-state index contributed by atoms with van der Waals surface area (Å²) in [5.41, 5.74) is 4.98. The molecule has 1 heterocycles. The maximum Gasteiger partial charge on any atom is 0.000808 e. The van der Waals surface area contributed by atoms with E-state index in [2.05, 4.69) is 53.2 Å². The fraction of sp³-hybridized carbons (Fsp3) is 0. The quantitative estimate of drug-likeness (QED) is 0.593. The summed E-state index contributed by atoms with van der Waals surface area (Å²) in [5.74, 6) is 0. The van der Waals surface area contributed by atoms with Crippen LogP contribution in [0.2, 0.25) is 0 Å². The molecule has 81 valence electrons. The van der Waals surface area contributed by atoms with Crippen LogP contribution in [-0.2, 0) is 0 Å². The van der Waals surface area contributed by atoms with Crippen LogP contribution in [0.1, 0.15) is 0 Å². The summed E-state index contributed by atoms with van der Waals surface area (Å²) in [7, 11) is 0. The maximum absolute atomic E-state index is 3.29. The van der Waals surface area contributed by atoms with E-state index in [1.807, 2.05) is 18.2 Å². The molecule has 2 aromatic carbocycles. The van der Waals surface area contributed by atoms with Gasteiger partial charge in [-0.15, -0.1) is 0 Å². The molecule has 1 aromatic heterocycles. The summed E-state index contributed by atoms with van der Waals surface area (Å²) in [6.07, 6.45) is 0. The normalized spacial score (nSPS) is 10.4. The van der Waals surface area contributed by atoms with Gasteiger partial charge in [0.15, 0.2) is 0 Å². The van der Waals surface area contributed by atoms with E-state index in [-0.39, 0.29) is 0 Å². The highest BCUT2D eigenvalue weighted by atomic mass is 32.1. The van der Waals surface area contributed by atoms with Gasteiger partial charge in [-0.25, -0.2) is 0 Å². The standard InChI is InChI=1S/C16H11S/c1-3-7-13(8-4-1)15-11-17-12-16(15)14-9-5-2-6-10-14/h1-9,11-12H. The average molecular weight is 235 g/mol. The third kappa shape index (κ3) is 2.02. The molecule has 0 aliphatic rings. The molecule has 17 heavy (non-hydrogen) atoms. The highest BCUT2D eigenvalue weighted by Crippen LogP contribution is 2.34. The molecule has 0 spiro atoms. The fourth-order valence-corrected chi connectivity index (χ4v) is 2.76. The molecule has 0 atom stereocenters. The van der Waals surface area contributed by atoms with Gasteiger partial charge in [0.2, 0.25) is 0 Å². The second-order valence-corrected chi connectivity index (χ2v) is 4.58. The van der Waals surface area contributed by atoms with Crippen molar-refractivity contribution in [3.8, 4) is 22.3 Å². The molecule has 1 heteroatoms. The highest BCUT2D eigenvalue weighted by molar-refractivity contribution is 7.08. The van der Waals surface area contributed by atoms with E-state index in [0.717, 1.165) is 5.56 Å². The Morgan fingerprint density at radius 2 is 1.53 bits per heavy atom. The van der Waals surface area contributed by atoms with Crippen molar-refractivity contribution in [2.75, 3.05) is 0 Å². The van der Waals surface area contributed by atoms with Crippen LogP contribution in [0, 0.1) is 6.07 Å². The highest BCUT2D eigenvalue weighted by Gasteiger charge is 2.07. The number of rotatable bonds is 2. The van der Waals surface area contributed by atoms with E-state index < -0.39 is 0 Å². The molecule has 0 amide bonds. The molecule has 0 bridgehead atoms. The zero-order valence-electron chi connectivity index (χ0n) is 9.26. The molecule has 1 radical (unpaired) electrons. The molecule has 0 saturated carbocycles. The summed E-state index contributed by atoms with van der Waals surface area (Å²) in [6.45, 7) is 0. The van der Waals surface area contributed by atoms with E-state index in [9.17, 15) is 0 Å². The third-order valence-corrected chi connectivity index (χ3v) is 3.49. The lowest BCUT2D eigenvalue weighted by atomic mass is 9.99. The average Bonchev–Trinajstić information content (AvgIpc) is 2.90. The predicted molar refractivity (Wildman–Crippen MR) is 74.0 cm³/mol. The van der Waals surface area contributed by atoms with Crippen molar-refractivity contribution in [3.05, 3.63) is 71.4 Å². The first-order chi connectivity index (χ1) is 8.45. The van der Waals surface area contributed by atoms with Gasteiger partial charge < -0.3 is 0 Å². The SMILES string of the molecule is [c]1ccccc1-c1cscc1-c1ccccc1. The first-order valence-electron chi connectivity index (χ1n) is 5.54. The largest absolute Gasteiger partial charge is 0.151 e. The second kappa shape index (κ2) is 4.56. The minimum absolute atomic E-state index is 1.16. The number of thiophene rings is 1. The van der Waals surface area contributed by atoms with E-state index in [1.54, 1.807) is 11.3 Å². The van der Waals surface area contributed by atoms with Gasteiger partial charge in [-0.1, -0.05) is 54.6 Å². The second-order valence-electron chi connectivity index (χ2n) is 3.84. The molecular formula is C16H11S. The molecule has 0 nitrogen and oxygen atoms in total. The van der Waals surface area contributed by atoms with Gasteiger partial charge in [-0.05, 0) is 28.0 Å². The van der Waals surface area contributed by atoms with Crippen molar-refractivity contribution in [1.29, 1.82) is 0 Å². The minimum Gasteiger partial charge on any atom is -0.151 e. The van der Waals surface area contributed by atoms with E-state index in [0.29, 0.717) is 0 Å². The first kappa shape index (κ1) is 10.3. The topological polar surface area (TPSA) is 0 Å². The number of hydrogen-bond acceptors (Lipinski definition) is 1. The first-order valence-corrected chi connectivity index (χ1v) is 6.48. The lowest BCUT2D eigenvalue weighted by Gasteiger charge is -2.03. The molecule has 0 fully saturated rings. The molecule has 0 saturated heterocycles. The van der Waals surface area contributed by atoms with E-state index in [4.69, 9.17) is 0 Å². The molecule has 0 N–H and O–H groups in total. The van der Waals surface area contributed by atoms with Crippen molar-refractivity contribution in [2.45, 2.75) is 0 Å². The van der Waals surface area contributed by atoms with Crippen LogP contribution in [0.25, 0.3) is 22.3 Å². The zero-order chi connectivity index (χ0) is 11.5. The van der Waals surface area contributed by atoms with Gasteiger partial charge in [0, 0.05) is 11.1 Å². The van der Waals surface area contributed by atoms with Crippen molar-refractivity contribution < 1.29 is 0 Å². The summed E-state index contributed by atoms with van der Waals surface area (Å²) in [5, 5.41) is 4.39. The van der Waals surface area contributed by atoms with Gasteiger partial charge in [-0.2, -0.15) is 11.3 Å². The molecule has 0 unspecified atom stereocenters. The Morgan fingerprint density at radius 1 is 0.765 bits per heavy atom. The lowest BCUT2D eigenvalue weighted by Crippen LogP contribution is -1.79. The fourth-order valence-electron chi connectivity index (χ4n) is 1.91. The molecule has 0 aliphatic heterocycles. The van der Waals surface area contributed by atoms with Crippen molar-refractivity contribution in [1.82, 2.24) is 0 Å². The molecule has 3 aromatic rings. The van der Waals surface area contributed by atoms with Gasteiger partial charge in [0.1, 0.15) is 0 Å². The monoisotopic (exact) mass is 235 g/mol. The molecule has 3 rings (SSSR count). The zero-order valence-corrected chi connectivity index (χ0v) is 10.1. The van der Waals surface area contributed by atoms with Crippen LogP contribution in [0.4, 0.5) is 0 Å². The molecule has 0 aliphatic carbocycles. The van der Waals surface area contributed by atoms with Gasteiger partial charge in [-0.3, -0.25) is 0 Å². The van der Waals surface area contributed by atoms with Crippen LogP contribution >= 0.6 is 11.3 Å². The van der Waals surface area contributed by atoms with Gasteiger partial charge >= 0.3 is 0 Å². The number of benzene rings is 2. The smallest absolute Gasteiger partial charge is 0.000808 e. The number of hydrogen-bond donors (Lipinski definition) is 0. The summed E-state index contributed by atoms with van der Waals surface area (Å²) >= 11 is 1.74. The Bertz CT molecular complexity index is 540. The Morgan fingerprint density at radius 3 is 2.29 bits per heavy atom. The predicted octanol–water partition coefficient (Wildman–Crippen LogP) is 4.88. The van der Waals surface area contributed by atoms with E-state index in [1.165, 1.54) is 16.7 Å². The van der Waals surface area contributed by atoms with Crippen LogP contribution < -0.4 is 0 Å². The van der Waals surface area contributed by atoms with E-state index >= 15 is 0 Å². The van der Waals surface area contributed by atoms with Crippen LogP contribution in [0.15, 0.2) is 65.4 Å². The summed E-state index contributed by atoms with van der Waals surface area (Å²) in [4.78, 5) is 0. The van der Waals surface area contributed by atoms with Crippen molar-refractivity contribution in [3.63, 3.8) is 0 Å². The van der Waals surface area contributed by atoms with Crippen LogP contribution in [0.3, 0.4) is 0 Å². The molecular weight excluding hydrogens is 224 g/mol. The minimum atomic E-state index is 1.16. The Hall–Kier alpha value is -1.86. The van der Waals surface area contributed by atoms with Gasteiger partial charge in [0.05, 0.1) is 0 Å². The van der Waals surface area contributed by atoms with Crippen LogP contribution in [-0.4, -0.2) is 0 Å². The van der Waals surface area contributed by atoms with Crippen molar-refractivity contribution >= 4 is 11.3 Å². The Balaban J connectivity index is 2.13. The lowest BCUT2D eigenvalue weighted by molar-refractivity contribution is 1.63. The Labute approximate surface area is 105 Å². The van der Waals surface area contributed by atoms with Crippen molar-refractivity contribution in [2.24, 2.45) is 0 Å². The Kier molecular flexibility index (Phi) is 2.76.